The van der Waals surface area contributed by atoms with E-state index in [-0.39, 0.29) is 0 Å². The summed E-state index contributed by atoms with van der Waals surface area (Å²) in [6, 6.07) is 18.0. The average Bonchev–Trinajstić information content (AvgIpc) is 2.92. The number of fused-ring (bicyclic) bond motifs is 1. The molecule has 116 valence electrons. The van der Waals surface area contributed by atoms with Crippen molar-refractivity contribution in [2.45, 2.75) is 6.92 Å². The van der Waals surface area contributed by atoms with Crippen molar-refractivity contribution in [3.63, 3.8) is 0 Å². The van der Waals surface area contributed by atoms with Gasteiger partial charge in [0.05, 0.1) is 11.1 Å². The molecule has 2 aromatic carbocycles. The molecule has 1 N–H and O–H groups in total. The highest BCUT2D eigenvalue weighted by Gasteiger charge is 2.25. The smallest absolute Gasteiger partial charge is 0.213 e. The molecule has 0 saturated heterocycles. The van der Waals surface area contributed by atoms with Crippen molar-refractivity contribution in [2.24, 2.45) is 0 Å². The van der Waals surface area contributed by atoms with Gasteiger partial charge in [-0.05, 0) is 17.9 Å². The van der Waals surface area contributed by atoms with Gasteiger partial charge < -0.3 is 5.11 Å². The van der Waals surface area contributed by atoms with Crippen LogP contribution in [0, 0.1) is 0 Å². The summed E-state index contributed by atoms with van der Waals surface area (Å²) in [5, 5.41) is 10.5. The molecule has 0 radical (unpaired) electrons. The Morgan fingerprint density at radius 2 is 1.78 bits per heavy atom. The SMILES string of the molecule is CCSC(/C=C(/O)c1ccccc1)=C1\C=[N+](C)c2ccccc21. The van der Waals surface area contributed by atoms with E-state index in [4.69, 9.17) is 0 Å². The number of hydrogen-bond acceptors (Lipinski definition) is 2. The van der Waals surface area contributed by atoms with Crippen LogP contribution in [0.1, 0.15) is 18.1 Å². The first-order chi connectivity index (χ1) is 11.2. The molecule has 3 rings (SSSR count). The highest BCUT2D eigenvalue weighted by molar-refractivity contribution is 8.03. The van der Waals surface area contributed by atoms with Crippen molar-refractivity contribution >= 4 is 35.0 Å². The lowest BCUT2D eigenvalue weighted by atomic mass is 10.1. The second-order valence-corrected chi connectivity index (χ2v) is 6.67. The number of hydrogen-bond donors (Lipinski definition) is 1. The number of benzene rings is 2. The van der Waals surface area contributed by atoms with Gasteiger partial charge in [-0.2, -0.15) is 0 Å². The lowest BCUT2D eigenvalue weighted by molar-refractivity contribution is -0.395. The zero-order valence-corrected chi connectivity index (χ0v) is 14.2. The van der Waals surface area contributed by atoms with Crippen molar-refractivity contribution < 1.29 is 9.68 Å². The quantitative estimate of drug-likeness (QED) is 0.624. The van der Waals surface area contributed by atoms with Crippen LogP contribution in [0.25, 0.3) is 11.3 Å². The molecule has 0 fully saturated rings. The average molecular weight is 322 g/mol. The van der Waals surface area contributed by atoms with Gasteiger partial charge in [0.2, 0.25) is 5.69 Å². The first-order valence-electron chi connectivity index (χ1n) is 7.71. The van der Waals surface area contributed by atoms with Gasteiger partial charge in [-0.1, -0.05) is 49.4 Å². The van der Waals surface area contributed by atoms with Crippen molar-refractivity contribution in [1.82, 2.24) is 0 Å². The van der Waals surface area contributed by atoms with Crippen LogP contribution in [0.3, 0.4) is 0 Å². The van der Waals surface area contributed by atoms with Crippen LogP contribution in [0.15, 0.2) is 65.6 Å². The summed E-state index contributed by atoms with van der Waals surface area (Å²) in [7, 11) is 2.06. The predicted octanol–water partition coefficient (Wildman–Crippen LogP) is 5.11. The summed E-state index contributed by atoms with van der Waals surface area (Å²) in [6.45, 7) is 2.13. The van der Waals surface area contributed by atoms with E-state index in [2.05, 4.69) is 49.0 Å². The Morgan fingerprint density at radius 1 is 1.09 bits per heavy atom. The molecule has 2 nitrogen and oxygen atoms in total. The molecule has 1 heterocycles. The molecule has 0 atom stereocenters. The molecule has 0 amide bonds. The maximum atomic E-state index is 10.5. The molecule has 0 spiro atoms. The summed E-state index contributed by atoms with van der Waals surface area (Å²) in [5.74, 6) is 1.26. The molecule has 2 aromatic rings. The van der Waals surface area contributed by atoms with E-state index in [9.17, 15) is 5.11 Å². The van der Waals surface area contributed by atoms with Crippen LogP contribution in [-0.4, -0.2) is 28.7 Å². The van der Waals surface area contributed by atoms with Crippen molar-refractivity contribution in [3.8, 4) is 0 Å². The lowest BCUT2D eigenvalue weighted by Crippen LogP contribution is -1.92. The third-order valence-corrected chi connectivity index (χ3v) is 4.74. The zero-order valence-electron chi connectivity index (χ0n) is 13.4. The second kappa shape index (κ2) is 6.88. The molecule has 3 heteroatoms. The monoisotopic (exact) mass is 322 g/mol. The fraction of sp³-hybridized carbons (Fsp3) is 0.150. The van der Waals surface area contributed by atoms with Crippen molar-refractivity contribution in [3.05, 3.63) is 76.7 Å². The third-order valence-electron chi connectivity index (χ3n) is 3.80. The Bertz CT molecular complexity index is 803. The summed E-state index contributed by atoms with van der Waals surface area (Å²) in [4.78, 5) is 1.09. The van der Waals surface area contributed by atoms with Gasteiger partial charge in [0.15, 0.2) is 6.21 Å². The normalized spacial score (nSPS) is 16.1. The van der Waals surface area contributed by atoms with Crippen LogP contribution in [0.2, 0.25) is 0 Å². The lowest BCUT2D eigenvalue weighted by Gasteiger charge is -2.06. The standard InChI is InChI=1S/C20H19NOS/c1-3-23-20(13-19(22)15-9-5-4-6-10-15)17-14-21(2)18-12-8-7-11-16(17)18/h4-14H,3H2,1-2H3/p+1. The molecule has 0 aromatic heterocycles. The van der Waals surface area contributed by atoms with Gasteiger partial charge in [0, 0.05) is 16.5 Å². The molecular formula is C20H20NOS+. The number of para-hydroxylation sites is 1. The number of allylic oxidation sites excluding steroid dienone is 2. The molecule has 0 aliphatic carbocycles. The van der Waals surface area contributed by atoms with Gasteiger partial charge in [-0.25, -0.2) is 4.58 Å². The van der Waals surface area contributed by atoms with Crippen molar-refractivity contribution in [1.29, 1.82) is 0 Å². The topological polar surface area (TPSA) is 23.2 Å². The van der Waals surface area contributed by atoms with Gasteiger partial charge in [-0.3, -0.25) is 0 Å². The Balaban J connectivity index is 2.10. The molecular weight excluding hydrogens is 302 g/mol. The molecule has 0 unspecified atom stereocenters. The maximum absolute atomic E-state index is 10.5. The molecule has 1 aliphatic rings. The van der Waals surface area contributed by atoms with Gasteiger partial charge in [-0.15, -0.1) is 11.8 Å². The number of aliphatic hydroxyl groups is 1. The Kier molecular flexibility index (Phi) is 4.68. The van der Waals surface area contributed by atoms with E-state index >= 15 is 0 Å². The van der Waals surface area contributed by atoms with Gasteiger partial charge in [0.25, 0.3) is 0 Å². The summed E-state index contributed by atoms with van der Waals surface area (Å²) >= 11 is 1.75. The number of thioether (sulfide) groups is 1. The maximum Gasteiger partial charge on any atom is 0.213 e. The van der Waals surface area contributed by atoms with E-state index in [1.165, 1.54) is 11.3 Å². The first kappa shape index (κ1) is 15.6. The fourth-order valence-electron chi connectivity index (χ4n) is 2.71. The largest absolute Gasteiger partial charge is 0.507 e. The molecule has 0 bridgehead atoms. The van der Waals surface area contributed by atoms with Crippen LogP contribution < -0.4 is 0 Å². The van der Waals surface area contributed by atoms with Crippen LogP contribution >= 0.6 is 11.8 Å². The van der Waals surface area contributed by atoms with Crippen LogP contribution in [0.5, 0.6) is 0 Å². The minimum atomic E-state index is 0.300. The predicted molar refractivity (Wildman–Crippen MR) is 100 cm³/mol. The van der Waals surface area contributed by atoms with Crippen LogP contribution in [-0.2, 0) is 0 Å². The summed E-state index contributed by atoms with van der Waals surface area (Å²) in [5.41, 5.74) is 4.41. The Labute approximate surface area is 141 Å². The van der Waals surface area contributed by atoms with E-state index < -0.39 is 0 Å². The van der Waals surface area contributed by atoms with Crippen LogP contribution in [0.4, 0.5) is 5.69 Å². The minimum Gasteiger partial charge on any atom is -0.507 e. The van der Waals surface area contributed by atoms with Gasteiger partial charge in [0.1, 0.15) is 12.8 Å². The number of aliphatic hydroxyl groups excluding tert-OH is 1. The minimum absolute atomic E-state index is 0.300. The number of rotatable bonds is 4. The molecule has 0 saturated carbocycles. The van der Waals surface area contributed by atoms with Gasteiger partial charge >= 0.3 is 0 Å². The zero-order chi connectivity index (χ0) is 16.2. The highest BCUT2D eigenvalue weighted by atomic mass is 32.2. The van der Waals surface area contributed by atoms with E-state index in [0.29, 0.717) is 5.76 Å². The van der Waals surface area contributed by atoms with E-state index in [1.54, 1.807) is 11.8 Å². The van der Waals surface area contributed by atoms with E-state index in [1.807, 2.05) is 36.4 Å². The highest BCUT2D eigenvalue weighted by Crippen LogP contribution is 2.36. The first-order valence-corrected chi connectivity index (χ1v) is 8.69. The Hall–Kier alpha value is -2.26. The third kappa shape index (κ3) is 3.25. The second-order valence-electron chi connectivity index (χ2n) is 5.36. The number of nitrogens with zero attached hydrogens (tertiary/aromatic N) is 1. The van der Waals surface area contributed by atoms with E-state index in [0.717, 1.165) is 21.8 Å². The summed E-state index contributed by atoms with van der Waals surface area (Å²) < 4.78 is 2.13. The fourth-order valence-corrected chi connectivity index (χ4v) is 3.53. The molecule has 23 heavy (non-hydrogen) atoms. The molecule has 1 aliphatic heterocycles. The summed E-state index contributed by atoms with van der Waals surface area (Å²) in [6.07, 6.45) is 4.02. The Morgan fingerprint density at radius 3 is 2.52 bits per heavy atom. The van der Waals surface area contributed by atoms with Crippen molar-refractivity contribution in [2.75, 3.05) is 12.8 Å².